The van der Waals surface area contributed by atoms with Crippen LogP contribution in [0.4, 0.5) is 5.69 Å². The van der Waals surface area contributed by atoms with Crippen molar-refractivity contribution in [1.29, 1.82) is 0 Å². The van der Waals surface area contributed by atoms with Gasteiger partial charge in [-0.2, -0.15) is 0 Å². The number of non-ortho nitro benzene ring substituents is 1. The number of β-lactam (4-membered cyclic amide) rings is 1. The first-order valence-corrected chi connectivity index (χ1v) is 9.22. The van der Waals surface area contributed by atoms with Gasteiger partial charge in [0.05, 0.1) is 4.92 Å². The van der Waals surface area contributed by atoms with Crippen LogP contribution >= 0.6 is 11.6 Å². The maximum atomic E-state index is 12.5. The molecule has 0 radical (unpaired) electrons. The van der Waals surface area contributed by atoms with Crippen molar-refractivity contribution in [3.05, 3.63) is 70.3 Å². The second kappa shape index (κ2) is 7.87. The van der Waals surface area contributed by atoms with Gasteiger partial charge >= 0.3 is 0 Å². The number of benzene rings is 2. The molecular formula is C18H14ClN7O4. The lowest BCUT2D eigenvalue weighted by Gasteiger charge is -2.43. The quantitative estimate of drug-likeness (QED) is 0.272. The Labute approximate surface area is 174 Å². The summed E-state index contributed by atoms with van der Waals surface area (Å²) in [4.78, 5) is 35.0. The first kappa shape index (κ1) is 19.5. The van der Waals surface area contributed by atoms with E-state index >= 15 is 0 Å². The van der Waals surface area contributed by atoms with Crippen LogP contribution in [-0.4, -0.2) is 47.3 Å². The number of hydrazine groups is 1. The summed E-state index contributed by atoms with van der Waals surface area (Å²) in [6, 6.07) is 14.1. The van der Waals surface area contributed by atoms with Crippen molar-refractivity contribution in [2.75, 3.05) is 0 Å². The largest absolute Gasteiger partial charge is 0.271 e. The molecule has 11 nitrogen and oxygen atoms in total. The van der Waals surface area contributed by atoms with Gasteiger partial charge in [-0.15, -0.1) is 16.7 Å². The molecule has 12 heteroatoms. The van der Waals surface area contributed by atoms with Crippen molar-refractivity contribution in [1.82, 2.24) is 30.6 Å². The Bertz CT molecular complexity index is 1100. The summed E-state index contributed by atoms with van der Waals surface area (Å²) in [6.07, 6.45) is 0. The number of hydrogen-bond acceptors (Lipinski definition) is 7. The molecule has 0 aliphatic carbocycles. The lowest BCUT2D eigenvalue weighted by atomic mass is 9.95. The molecule has 0 bridgehead atoms. The number of rotatable bonds is 6. The zero-order valence-electron chi connectivity index (χ0n) is 15.3. The molecule has 2 amide bonds. The van der Waals surface area contributed by atoms with Crippen molar-refractivity contribution in [2.24, 2.45) is 0 Å². The summed E-state index contributed by atoms with van der Waals surface area (Å²) in [5.74, 6) is -0.598. The molecule has 1 aliphatic heterocycles. The minimum absolute atomic E-state index is 0.0850. The maximum absolute atomic E-state index is 12.5. The molecule has 2 atom stereocenters. The minimum atomic E-state index is -0.889. The van der Waals surface area contributed by atoms with Crippen LogP contribution in [0.5, 0.6) is 0 Å². The summed E-state index contributed by atoms with van der Waals surface area (Å²) in [5.41, 5.74) is 3.72. The SMILES string of the molecule is O=C(Cn1nnnc1-c1ccccc1)NN1C(=O)C(Cl)C1c1ccc([N+](=O)[O-])cc1. The monoisotopic (exact) mass is 427 g/mol. The van der Waals surface area contributed by atoms with Crippen LogP contribution in [0.25, 0.3) is 11.4 Å². The zero-order chi connectivity index (χ0) is 21.3. The van der Waals surface area contributed by atoms with Gasteiger partial charge in [0.15, 0.2) is 5.82 Å². The third kappa shape index (κ3) is 3.57. The highest BCUT2D eigenvalue weighted by molar-refractivity contribution is 6.33. The Morgan fingerprint density at radius 3 is 2.53 bits per heavy atom. The Balaban J connectivity index is 1.47. The van der Waals surface area contributed by atoms with Gasteiger partial charge < -0.3 is 0 Å². The average Bonchev–Trinajstić information content (AvgIpc) is 3.22. The second-order valence-corrected chi connectivity index (χ2v) is 6.93. The Hall–Kier alpha value is -3.86. The molecule has 1 aromatic heterocycles. The van der Waals surface area contributed by atoms with E-state index in [1.807, 2.05) is 30.3 Å². The molecule has 2 heterocycles. The smallest absolute Gasteiger partial charge is 0.269 e. The third-order valence-corrected chi connectivity index (χ3v) is 5.00. The summed E-state index contributed by atoms with van der Waals surface area (Å²) < 4.78 is 1.31. The van der Waals surface area contributed by atoms with Crippen molar-refractivity contribution >= 4 is 29.1 Å². The van der Waals surface area contributed by atoms with Gasteiger partial charge in [-0.1, -0.05) is 30.3 Å². The number of hydrogen-bond donors (Lipinski definition) is 1. The molecule has 2 unspecified atom stereocenters. The van der Waals surface area contributed by atoms with Crippen LogP contribution in [0, 0.1) is 10.1 Å². The van der Waals surface area contributed by atoms with E-state index in [2.05, 4.69) is 21.0 Å². The van der Waals surface area contributed by atoms with E-state index in [1.165, 1.54) is 28.9 Å². The average molecular weight is 428 g/mol. The number of carbonyl (C=O) groups is 2. The number of aromatic nitrogens is 4. The van der Waals surface area contributed by atoms with Gasteiger partial charge in [-0.3, -0.25) is 25.1 Å². The molecule has 4 rings (SSSR count). The molecule has 1 fully saturated rings. The summed E-state index contributed by atoms with van der Waals surface area (Å²) in [7, 11) is 0. The van der Waals surface area contributed by atoms with Crippen LogP contribution < -0.4 is 5.43 Å². The molecule has 2 aromatic carbocycles. The fourth-order valence-electron chi connectivity index (χ4n) is 3.10. The first-order chi connectivity index (χ1) is 14.5. The van der Waals surface area contributed by atoms with Gasteiger partial charge in [-0.25, -0.2) is 9.69 Å². The van der Waals surface area contributed by atoms with Crippen molar-refractivity contribution < 1.29 is 14.5 Å². The van der Waals surface area contributed by atoms with Gasteiger partial charge in [0.25, 0.3) is 17.5 Å². The maximum Gasteiger partial charge on any atom is 0.269 e. The number of nitrogens with one attached hydrogen (secondary N) is 1. The number of nitrogens with zero attached hydrogens (tertiary/aromatic N) is 6. The van der Waals surface area contributed by atoms with Crippen LogP contribution in [0.15, 0.2) is 54.6 Å². The molecule has 1 aliphatic rings. The highest BCUT2D eigenvalue weighted by atomic mass is 35.5. The molecule has 0 saturated carbocycles. The fraction of sp³-hybridized carbons (Fsp3) is 0.167. The zero-order valence-corrected chi connectivity index (χ0v) is 16.0. The molecular weight excluding hydrogens is 414 g/mol. The number of nitro benzene ring substituents is 1. The second-order valence-electron chi connectivity index (χ2n) is 6.46. The van der Waals surface area contributed by atoms with Crippen LogP contribution in [0.1, 0.15) is 11.6 Å². The lowest BCUT2D eigenvalue weighted by molar-refractivity contribution is -0.384. The molecule has 1 saturated heterocycles. The van der Waals surface area contributed by atoms with Gasteiger partial charge in [0, 0.05) is 17.7 Å². The number of tetrazole rings is 1. The number of carbonyl (C=O) groups excluding carboxylic acids is 2. The summed E-state index contributed by atoms with van der Waals surface area (Å²) in [6.45, 7) is -0.221. The number of halogens is 1. The van der Waals surface area contributed by atoms with Crippen LogP contribution in [0.2, 0.25) is 0 Å². The Morgan fingerprint density at radius 2 is 1.87 bits per heavy atom. The molecule has 0 spiro atoms. The predicted molar refractivity (Wildman–Crippen MR) is 104 cm³/mol. The number of amides is 2. The lowest BCUT2D eigenvalue weighted by Crippen LogP contribution is -2.63. The molecule has 30 heavy (non-hydrogen) atoms. The Morgan fingerprint density at radius 1 is 1.17 bits per heavy atom. The summed E-state index contributed by atoms with van der Waals surface area (Å²) >= 11 is 6.11. The van der Waals surface area contributed by atoms with Crippen molar-refractivity contribution in [2.45, 2.75) is 18.0 Å². The first-order valence-electron chi connectivity index (χ1n) is 8.78. The van der Waals surface area contributed by atoms with Gasteiger partial charge in [0.1, 0.15) is 18.0 Å². The van der Waals surface area contributed by atoms with Gasteiger partial charge in [0.2, 0.25) is 0 Å². The predicted octanol–water partition coefficient (Wildman–Crippen LogP) is 1.47. The van der Waals surface area contributed by atoms with E-state index in [9.17, 15) is 19.7 Å². The number of nitro groups is 1. The van der Waals surface area contributed by atoms with E-state index < -0.39 is 28.2 Å². The third-order valence-electron chi connectivity index (χ3n) is 4.58. The van der Waals surface area contributed by atoms with E-state index in [1.54, 1.807) is 0 Å². The highest BCUT2D eigenvalue weighted by Crippen LogP contribution is 2.37. The van der Waals surface area contributed by atoms with Crippen molar-refractivity contribution in [3.8, 4) is 11.4 Å². The Kier molecular flexibility index (Phi) is 5.11. The van der Waals surface area contributed by atoms with E-state index in [0.29, 0.717) is 11.4 Å². The van der Waals surface area contributed by atoms with Crippen LogP contribution in [-0.2, 0) is 16.1 Å². The van der Waals surface area contributed by atoms with E-state index in [0.717, 1.165) is 10.6 Å². The standard InChI is InChI=1S/C18H14ClN7O4/c19-15-16(11-6-8-13(9-7-11)26(29)30)25(18(15)28)21-14(27)10-24-17(20-22-23-24)12-4-2-1-3-5-12/h1-9,15-16H,10H2,(H,21,27). The molecule has 152 valence electrons. The molecule has 3 aromatic rings. The fourth-order valence-corrected chi connectivity index (χ4v) is 3.46. The van der Waals surface area contributed by atoms with Crippen LogP contribution in [0.3, 0.4) is 0 Å². The molecule has 1 N–H and O–H groups in total. The topological polar surface area (TPSA) is 136 Å². The van der Waals surface area contributed by atoms with Crippen molar-refractivity contribution in [3.63, 3.8) is 0 Å². The number of alkyl halides is 1. The van der Waals surface area contributed by atoms with Gasteiger partial charge in [-0.05, 0) is 28.1 Å². The van der Waals surface area contributed by atoms with E-state index in [4.69, 9.17) is 11.6 Å². The van der Waals surface area contributed by atoms with E-state index in [-0.39, 0.29) is 12.2 Å². The highest BCUT2D eigenvalue weighted by Gasteiger charge is 2.48. The minimum Gasteiger partial charge on any atom is -0.271 e. The summed E-state index contributed by atoms with van der Waals surface area (Å²) in [5, 5.41) is 22.4. The normalized spacial score (nSPS) is 18.0.